The molecule has 1 aliphatic carbocycles. The highest BCUT2D eigenvalue weighted by Crippen LogP contribution is 2.36. The Morgan fingerprint density at radius 3 is 1.31 bits per heavy atom. The minimum Gasteiger partial charge on any atom is -0.370 e. The zero-order valence-electron chi connectivity index (χ0n) is 18.4. The molecule has 5 unspecified atom stereocenters. The molecule has 0 amide bonds. The van der Waals surface area contributed by atoms with Crippen LogP contribution in [0.1, 0.15) is 75.7 Å². The molecule has 2 rings (SSSR count). The molecule has 0 spiro atoms. The van der Waals surface area contributed by atoms with Gasteiger partial charge in [0.15, 0.2) is 0 Å². The SMILES string of the molecule is C/C=C\C.CC(C)C(C)OC(F)(F)F.CC(C)C1OC1C.CC1CC1C. The normalized spacial score (nSPS) is 27.7. The summed E-state index contributed by atoms with van der Waals surface area (Å²) in [5.74, 6) is 2.71. The molecule has 0 aromatic rings. The maximum Gasteiger partial charge on any atom is 0.522 e. The van der Waals surface area contributed by atoms with Crippen LogP contribution in [0.25, 0.3) is 0 Å². The van der Waals surface area contributed by atoms with Crippen LogP contribution in [0, 0.1) is 23.7 Å². The molecule has 1 saturated carbocycles. The Labute approximate surface area is 159 Å². The van der Waals surface area contributed by atoms with Crippen LogP contribution in [-0.4, -0.2) is 24.7 Å². The van der Waals surface area contributed by atoms with E-state index in [1.165, 1.54) is 13.3 Å². The highest BCUT2D eigenvalue weighted by Gasteiger charge is 2.36. The minimum atomic E-state index is -4.50. The highest BCUT2D eigenvalue weighted by molar-refractivity contribution is 4.82. The fraction of sp³-hybridized carbons (Fsp3) is 0.905. The zero-order valence-corrected chi connectivity index (χ0v) is 18.4. The Bertz CT molecular complexity index is 355. The molecule has 0 aromatic carbocycles. The molecule has 5 heteroatoms. The van der Waals surface area contributed by atoms with E-state index in [-0.39, 0.29) is 5.92 Å². The number of hydrogen-bond donors (Lipinski definition) is 0. The van der Waals surface area contributed by atoms with E-state index in [0.29, 0.717) is 12.2 Å². The van der Waals surface area contributed by atoms with E-state index in [1.54, 1.807) is 13.8 Å². The van der Waals surface area contributed by atoms with Gasteiger partial charge in [-0.2, -0.15) is 0 Å². The van der Waals surface area contributed by atoms with Crippen molar-refractivity contribution in [2.75, 3.05) is 0 Å². The van der Waals surface area contributed by atoms with Gasteiger partial charge in [-0.15, -0.1) is 13.2 Å². The Morgan fingerprint density at radius 1 is 0.923 bits per heavy atom. The Morgan fingerprint density at radius 2 is 1.27 bits per heavy atom. The molecule has 0 bridgehead atoms. The first kappa shape index (κ1) is 27.7. The lowest BCUT2D eigenvalue weighted by Crippen LogP contribution is -2.25. The van der Waals surface area contributed by atoms with Gasteiger partial charge in [-0.25, -0.2) is 0 Å². The number of ether oxygens (including phenoxy) is 2. The summed E-state index contributed by atoms with van der Waals surface area (Å²) in [5, 5.41) is 0. The van der Waals surface area contributed by atoms with Crippen molar-refractivity contribution < 1.29 is 22.6 Å². The summed E-state index contributed by atoms with van der Waals surface area (Å²) >= 11 is 0. The molecule has 2 fully saturated rings. The van der Waals surface area contributed by atoms with Gasteiger partial charge in [0.05, 0.1) is 18.3 Å². The third kappa shape index (κ3) is 18.2. The number of halogens is 3. The molecule has 26 heavy (non-hydrogen) atoms. The maximum atomic E-state index is 11.4. The van der Waals surface area contributed by atoms with Crippen LogP contribution in [0.5, 0.6) is 0 Å². The second kappa shape index (κ2) is 13.6. The van der Waals surface area contributed by atoms with Crippen LogP contribution in [-0.2, 0) is 9.47 Å². The first-order valence-corrected chi connectivity index (χ1v) is 9.73. The van der Waals surface area contributed by atoms with Gasteiger partial charge in [-0.3, -0.25) is 4.74 Å². The van der Waals surface area contributed by atoms with Crippen molar-refractivity contribution in [3.05, 3.63) is 12.2 Å². The topological polar surface area (TPSA) is 21.8 Å². The monoisotopic (exact) mass is 382 g/mol. The van der Waals surface area contributed by atoms with E-state index >= 15 is 0 Å². The van der Waals surface area contributed by atoms with Crippen LogP contribution in [0.2, 0.25) is 0 Å². The van der Waals surface area contributed by atoms with Gasteiger partial charge in [0.1, 0.15) is 0 Å². The van der Waals surface area contributed by atoms with Crippen molar-refractivity contribution in [1.29, 1.82) is 0 Å². The van der Waals surface area contributed by atoms with Crippen molar-refractivity contribution in [2.24, 2.45) is 23.7 Å². The second-order valence-corrected chi connectivity index (χ2v) is 7.92. The molecule has 2 nitrogen and oxygen atoms in total. The van der Waals surface area contributed by atoms with Crippen LogP contribution in [0.15, 0.2) is 12.2 Å². The molecule has 1 saturated heterocycles. The number of allylic oxidation sites excluding steroid dienone is 2. The van der Waals surface area contributed by atoms with Crippen LogP contribution < -0.4 is 0 Å². The molecule has 1 heterocycles. The van der Waals surface area contributed by atoms with Crippen molar-refractivity contribution in [2.45, 2.75) is 100 Å². The molecule has 1 aliphatic heterocycles. The molecule has 2 aliphatic rings. The third-order valence-corrected chi connectivity index (χ3v) is 4.52. The average Bonchev–Trinajstić information content (AvgIpc) is 3.39. The van der Waals surface area contributed by atoms with Crippen molar-refractivity contribution in [3.8, 4) is 0 Å². The smallest absolute Gasteiger partial charge is 0.370 e. The minimum absolute atomic E-state index is 0.110. The van der Waals surface area contributed by atoms with E-state index in [1.807, 2.05) is 26.0 Å². The predicted octanol–water partition coefficient (Wildman–Crippen LogP) is 7.24. The molecule has 0 aromatic heterocycles. The molecule has 0 radical (unpaired) electrons. The summed E-state index contributed by atoms with van der Waals surface area (Å²) in [6.45, 7) is 19.8. The number of alkyl halides is 3. The summed E-state index contributed by atoms with van der Waals surface area (Å²) in [5.41, 5.74) is 0. The lowest BCUT2D eigenvalue weighted by Gasteiger charge is -2.17. The quantitative estimate of drug-likeness (QED) is 0.379. The summed E-state index contributed by atoms with van der Waals surface area (Å²) in [6, 6.07) is 0. The predicted molar refractivity (Wildman–Crippen MR) is 104 cm³/mol. The summed E-state index contributed by atoms with van der Waals surface area (Å²) in [7, 11) is 0. The highest BCUT2D eigenvalue weighted by atomic mass is 19.4. The van der Waals surface area contributed by atoms with Crippen LogP contribution in [0.3, 0.4) is 0 Å². The second-order valence-electron chi connectivity index (χ2n) is 7.92. The van der Waals surface area contributed by atoms with E-state index in [9.17, 15) is 13.2 Å². The molecule has 5 atom stereocenters. The summed E-state index contributed by atoms with van der Waals surface area (Å²) in [6.07, 6.45) is 1.32. The summed E-state index contributed by atoms with van der Waals surface area (Å²) in [4.78, 5) is 0. The van der Waals surface area contributed by atoms with Gasteiger partial charge in [0, 0.05) is 0 Å². The van der Waals surface area contributed by atoms with E-state index < -0.39 is 12.5 Å². The molecule has 158 valence electrons. The van der Waals surface area contributed by atoms with Gasteiger partial charge in [-0.1, -0.05) is 53.7 Å². The molecule has 0 N–H and O–H groups in total. The molecular weight excluding hydrogens is 341 g/mol. The largest absolute Gasteiger partial charge is 0.522 e. The first-order chi connectivity index (χ1) is 11.8. The average molecular weight is 383 g/mol. The fourth-order valence-electron chi connectivity index (χ4n) is 1.76. The standard InChI is InChI=1S/C6H11F3O.C6H12O.C5H10.C4H8/c1-4(2)5(3)10-6(7,8)9;1-4(2)6-5(3)7-6;1-4-3-5(4)2;1-3-4-2/h4-5H,1-3H3;4-6H,1-3H3;4-5H,3H2,1-2H3;3-4H,1-2H3/b;;;4-3-. The maximum absolute atomic E-state index is 11.4. The fourth-order valence-corrected chi connectivity index (χ4v) is 1.76. The Balaban J connectivity index is 0. The van der Waals surface area contributed by atoms with Gasteiger partial charge in [-0.05, 0) is 57.8 Å². The zero-order chi connectivity index (χ0) is 21.1. The van der Waals surface area contributed by atoms with Crippen molar-refractivity contribution >= 4 is 0 Å². The van der Waals surface area contributed by atoms with Crippen molar-refractivity contribution in [1.82, 2.24) is 0 Å². The summed E-state index contributed by atoms with van der Waals surface area (Å²) < 4.78 is 43.2. The lowest BCUT2D eigenvalue weighted by molar-refractivity contribution is -0.344. The lowest BCUT2D eigenvalue weighted by atomic mass is 10.1. The van der Waals surface area contributed by atoms with E-state index in [2.05, 4.69) is 39.4 Å². The first-order valence-electron chi connectivity index (χ1n) is 9.73. The van der Waals surface area contributed by atoms with Crippen molar-refractivity contribution in [3.63, 3.8) is 0 Å². The van der Waals surface area contributed by atoms with Gasteiger partial charge in [0.25, 0.3) is 0 Å². The van der Waals surface area contributed by atoms with Gasteiger partial charge in [0.2, 0.25) is 0 Å². The number of epoxide rings is 1. The van der Waals surface area contributed by atoms with Gasteiger partial charge < -0.3 is 4.74 Å². The van der Waals surface area contributed by atoms with Gasteiger partial charge >= 0.3 is 6.36 Å². The third-order valence-electron chi connectivity index (χ3n) is 4.52. The van der Waals surface area contributed by atoms with E-state index in [0.717, 1.165) is 17.8 Å². The molecular formula is C21H41F3O2. The van der Waals surface area contributed by atoms with Crippen LogP contribution >= 0.6 is 0 Å². The number of rotatable bonds is 3. The number of hydrogen-bond acceptors (Lipinski definition) is 2. The van der Waals surface area contributed by atoms with Crippen LogP contribution in [0.4, 0.5) is 13.2 Å². The Kier molecular flexibility index (Phi) is 14.5. The van der Waals surface area contributed by atoms with E-state index in [4.69, 9.17) is 4.74 Å². The Hall–Kier alpha value is -0.550.